The molecule has 3 heteroatoms. The van der Waals surface area contributed by atoms with E-state index in [-0.39, 0.29) is 5.82 Å². The van der Waals surface area contributed by atoms with Gasteiger partial charge in [-0.1, -0.05) is 13.8 Å². The largest absolute Gasteiger partial charge is 0.369 e. The van der Waals surface area contributed by atoms with Crippen molar-refractivity contribution in [2.45, 2.75) is 40.2 Å². The van der Waals surface area contributed by atoms with Crippen molar-refractivity contribution in [1.82, 2.24) is 0 Å². The number of anilines is 1. The maximum atomic E-state index is 13.3. The van der Waals surface area contributed by atoms with Gasteiger partial charge >= 0.3 is 0 Å². The van der Waals surface area contributed by atoms with E-state index in [1.54, 1.807) is 6.07 Å². The molecular weight excluding hydrogens is 227 g/mol. The van der Waals surface area contributed by atoms with Gasteiger partial charge in [0.15, 0.2) is 0 Å². The van der Waals surface area contributed by atoms with Gasteiger partial charge in [-0.05, 0) is 56.5 Å². The molecule has 18 heavy (non-hydrogen) atoms. The molecule has 0 spiro atoms. The van der Waals surface area contributed by atoms with Crippen LogP contribution >= 0.6 is 0 Å². The first kappa shape index (κ1) is 15.0. The summed E-state index contributed by atoms with van der Waals surface area (Å²) in [6, 6.07) is 5.42. The lowest BCUT2D eigenvalue weighted by molar-refractivity contribution is 0.567. The first-order valence-corrected chi connectivity index (χ1v) is 6.70. The van der Waals surface area contributed by atoms with E-state index in [1.807, 2.05) is 6.07 Å². The normalized spacial score (nSPS) is 11.3. The van der Waals surface area contributed by atoms with Gasteiger partial charge < -0.3 is 10.6 Å². The molecule has 0 bridgehead atoms. The summed E-state index contributed by atoms with van der Waals surface area (Å²) >= 11 is 0. The molecule has 0 aliphatic heterocycles. The van der Waals surface area contributed by atoms with Crippen LogP contribution in [0.5, 0.6) is 0 Å². The highest BCUT2D eigenvalue weighted by Gasteiger charge is 2.16. The third kappa shape index (κ3) is 3.98. The molecule has 102 valence electrons. The third-order valence-corrected chi connectivity index (χ3v) is 2.95. The predicted molar refractivity (Wildman–Crippen MR) is 76.5 cm³/mol. The standard InChI is InChI=1S/C15H25FN2/c1-11(2)10-18(12(3)4)15-6-5-14(16)9-13(15)7-8-17/h5-6,9,11-12H,7-8,10,17H2,1-4H3. The molecule has 2 N–H and O–H groups in total. The fourth-order valence-corrected chi connectivity index (χ4v) is 2.17. The van der Waals surface area contributed by atoms with Gasteiger partial charge in [0, 0.05) is 18.3 Å². The van der Waals surface area contributed by atoms with Gasteiger partial charge in [-0.3, -0.25) is 0 Å². The number of hydrogen-bond acceptors (Lipinski definition) is 2. The van der Waals surface area contributed by atoms with Crippen LogP contribution in [0.2, 0.25) is 0 Å². The number of nitrogens with zero attached hydrogens (tertiary/aromatic N) is 1. The molecule has 0 saturated carbocycles. The lowest BCUT2D eigenvalue weighted by atomic mass is 10.1. The number of benzene rings is 1. The Morgan fingerprint density at radius 1 is 1.22 bits per heavy atom. The predicted octanol–water partition coefficient (Wildman–Crippen LogP) is 3.20. The van der Waals surface area contributed by atoms with Crippen LogP contribution in [0.15, 0.2) is 18.2 Å². The Bertz CT molecular complexity index is 375. The molecule has 1 aromatic carbocycles. The highest BCUT2D eigenvalue weighted by Crippen LogP contribution is 2.25. The van der Waals surface area contributed by atoms with Crippen LogP contribution in [-0.4, -0.2) is 19.1 Å². The zero-order valence-electron chi connectivity index (χ0n) is 11.9. The zero-order valence-corrected chi connectivity index (χ0v) is 11.9. The monoisotopic (exact) mass is 252 g/mol. The van der Waals surface area contributed by atoms with Crippen LogP contribution < -0.4 is 10.6 Å². The maximum Gasteiger partial charge on any atom is 0.123 e. The van der Waals surface area contributed by atoms with Crippen LogP contribution in [0.3, 0.4) is 0 Å². The van der Waals surface area contributed by atoms with Crippen molar-refractivity contribution >= 4 is 5.69 Å². The Kier molecular flexibility index (Phi) is 5.60. The van der Waals surface area contributed by atoms with E-state index in [9.17, 15) is 4.39 Å². The van der Waals surface area contributed by atoms with Crippen molar-refractivity contribution in [3.63, 3.8) is 0 Å². The van der Waals surface area contributed by atoms with Crippen LogP contribution in [0, 0.1) is 11.7 Å². The molecule has 0 saturated heterocycles. The minimum absolute atomic E-state index is 0.185. The van der Waals surface area contributed by atoms with Crippen molar-refractivity contribution in [3.8, 4) is 0 Å². The van der Waals surface area contributed by atoms with Gasteiger partial charge in [0.05, 0.1) is 0 Å². The van der Waals surface area contributed by atoms with Crippen molar-refractivity contribution in [2.75, 3.05) is 18.0 Å². The first-order valence-electron chi connectivity index (χ1n) is 6.70. The number of nitrogens with two attached hydrogens (primary N) is 1. The summed E-state index contributed by atoms with van der Waals surface area (Å²) < 4.78 is 13.3. The summed E-state index contributed by atoms with van der Waals surface area (Å²) in [7, 11) is 0. The molecular formula is C15H25FN2. The molecule has 0 atom stereocenters. The third-order valence-electron chi connectivity index (χ3n) is 2.95. The lowest BCUT2D eigenvalue weighted by Gasteiger charge is -2.32. The van der Waals surface area contributed by atoms with Gasteiger partial charge in [-0.25, -0.2) is 4.39 Å². The smallest absolute Gasteiger partial charge is 0.123 e. The topological polar surface area (TPSA) is 29.3 Å². The molecule has 0 radical (unpaired) electrons. The van der Waals surface area contributed by atoms with Gasteiger partial charge in [0.1, 0.15) is 5.82 Å². The highest BCUT2D eigenvalue weighted by atomic mass is 19.1. The summed E-state index contributed by atoms with van der Waals surface area (Å²) in [5.74, 6) is 0.388. The Labute approximate surface area is 110 Å². The van der Waals surface area contributed by atoms with Crippen molar-refractivity contribution in [2.24, 2.45) is 11.7 Å². The van der Waals surface area contributed by atoms with Gasteiger partial charge in [0.25, 0.3) is 0 Å². The average Bonchev–Trinajstić information content (AvgIpc) is 2.26. The van der Waals surface area contributed by atoms with Crippen LogP contribution in [0.1, 0.15) is 33.3 Å². The van der Waals surface area contributed by atoms with E-state index in [4.69, 9.17) is 5.73 Å². The summed E-state index contributed by atoms with van der Waals surface area (Å²) in [6.07, 6.45) is 0.717. The molecule has 0 heterocycles. The van der Waals surface area contributed by atoms with E-state index in [1.165, 1.54) is 6.07 Å². The second-order valence-electron chi connectivity index (χ2n) is 5.45. The second-order valence-corrected chi connectivity index (χ2v) is 5.45. The van der Waals surface area contributed by atoms with E-state index in [0.717, 1.165) is 17.8 Å². The molecule has 0 aliphatic carbocycles. The summed E-state index contributed by atoms with van der Waals surface area (Å²) in [5, 5.41) is 0. The molecule has 0 unspecified atom stereocenters. The number of hydrogen-bond donors (Lipinski definition) is 1. The van der Waals surface area contributed by atoms with Gasteiger partial charge in [-0.15, -0.1) is 0 Å². The maximum absolute atomic E-state index is 13.3. The van der Waals surface area contributed by atoms with E-state index in [2.05, 4.69) is 32.6 Å². The Balaban J connectivity index is 3.09. The Morgan fingerprint density at radius 2 is 1.89 bits per heavy atom. The minimum atomic E-state index is -0.185. The van der Waals surface area contributed by atoms with Crippen LogP contribution in [0.4, 0.5) is 10.1 Å². The Hall–Kier alpha value is -1.09. The molecule has 0 aromatic heterocycles. The van der Waals surface area contributed by atoms with E-state index >= 15 is 0 Å². The summed E-state index contributed by atoms with van der Waals surface area (Å²) in [4.78, 5) is 2.33. The van der Waals surface area contributed by atoms with E-state index in [0.29, 0.717) is 24.9 Å². The minimum Gasteiger partial charge on any atom is -0.369 e. The second kappa shape index (κ2) is 6.74. The summed E-state index contributed by atoms with van der Waals surface area (Å²) in [6.45, 7) is 10.2. The van der Waals surface area contributed by atoms with Gasteiger partial charge in [0.2, 0.25) is 0 Å². The first-order chi connectivity index (χ1) is 8.45. The lowest BCUT2D eigenvalue weighted by Crippen LogP contribution is -2.35. The quantitative estimate of drug-likeness (QED) is 0.842. The highest BCUT2D eigenvalue weighted by molar-refractivity contribution is 5.54. The molecule has 1 rings (SSSR count). The van der Waals surface area contributed by atoms with Crippen molar-refractivity contribution < 1.29 is 4.39 Å². The molecule has 0 amide bonds. The van der Waals surface area contributed by atoms with Gasteiger partial charge in [-0.2, -0.15) is 0 Å². The fraction of sp³-hybridized carbons (Fsp3) is 0.600. The van der Waals surface area contributed by atoms with Crippen LogP contribution in [-0.2, 0) is 6.42 Å². The van der Waals surface area contributed by atoms with Crippen LogP contribution in [0.25, 0.3) is 0 Å². The van der Waals surface area contributed by atoms with Crippen molar-refractivity contribution in [1.29, 1.82) is 0 Å². The molecule has 0 fully saturated rings. The number of rotatable bonds is 6. The zero-order chi connectivity index (χ0) is 13.7. The van der Waals surface area contributed by atoms with E-state index < -0.39 is 0 Å². The summed E-state index contributed by atoms with van der Waals surface area (Å²) in [5.41, 5.74) is 7.74. The molecule has 2 nitrogen and oxygen atoms in total. The fourth-order valence-electron chi connectivity index (χ4n) is 2.17. The average molecular weight is 252 g/mol. The Morgan fingerprint density at radius 3 is 2.39 bits per heavy atom. The molecule has 1 aromatic rings. The molecule has 0 aliphatic rings. The number of halogens is 1. The SMILES string of the molecule is CC(C)CN(c1ccc(F)cc1CCN)C(C)C. The van der Waals surface area contributed by atoms with Crippen molar-refractivity contribution in [3.05, 3.63) is 29.6 Å².